The van der Waals surface area contributed by atoms with Gasteiger partial charge in [0.2, 0.25) is 0 Å². The smallest absolute Gasteiger partial charge is 0.462 e. The molecule has 2 aromatic rings. The molecule has 0 aromatic heterocycles. The maximum atomic E-state index is 13.6. The first-order valence-electron chi connectivity index (χ1n) is 49.9. The van der Waals surface area contributed by atoms with Gasteiger partial charge in [0.05, 0.1) is 35.5 Å². The quantitative estimate of drug-likeness (QED) is 0.0281. The largest absolute Gasteiger partial charge is 0.503 e. The third kappa shape index (κ3) is 29.1. The Morgan fingerprint density at radius 1 is 0.339 bits per heavy atom. The standard InChI is InChI=1S/2C53H86O4.CH2O3/c2*1-39(2)24-19-17-15-13-11-9-8-10-12-14-16-18-22-37-56-50(54)44-27-20-21-28-45(44)51(55)57-43-33-35-52(6)42(38-43)29-30-46-48-32-31-47(41(5)26-23-25-40(3)4)53(48,7)36-34-49(46)52;2-1(3)4/h2*20-21,27-29,39-41,43,46-49H,8-19,22-26,30-38H2,1-7H3;(H2,2,3,4)/t2*41-,43+,46+,47-,48+,49+,52+,53-;/m11./s1. The molecule has 0 amide bonds. The second-order valence-electron chi connectivity index (χ2n) is 42.3. The van der Waals surface area contributed by atoms with Crippen molar-refractivity contribution in [2.75, 3.05) is 13.2 Å². The Morgan fingerprint density at radius 3 is 0.924 bits per heavy atom. The Morgan fingerprint density at radius 2 is 0.619 bits per heavy atom. The first kappa shape index (κ1) is 98.5. The van der Waals surface area contributed by atoms with Gasteiger partial charge in [-0.3, -0.25) is 0 Å². The molecule has 8 aliphatic rings. The van der Waals surface area contributed by atoms with E-state index in [2.05, 4.69) is 109 Å². The van der Waals surface area contributed by atoms with Crippen molar-refractivity contribution < 1.29 is 53.1 Å². The summed E-state index contributed by atoms with van der Waals surface area (Å²) >= 11 is 0. The number of hydrogen-bond acceptors (Lipinski definition) is 9. The summed E-state index contributed by atoms with van der Waals surface area (Å²) in [5, 5.41) is 13.9. The highest BCUT2D eigenvalue weighted by atomic mass is 16.6. The van der Waals surface area contributed by atoms with Crippen LogP contribution in [0.15, 0.2) is 71.8 Å². The molecule has 118 heavy (non-hydrogen) atoms. The van der Waals surface area contributed by atoms with Crippen molar-refractivity contribution in [1.29, 1.82) is 0 Å². The summed E-state index contributed by atoms with van der Waals surface area (Å²) in [4.78, 5) is 62.2. The van der Waals surface area contributed by atoms with E-state index in [1.54, 1.807) is 24.3 Å². The number of ether oxygens (including phenoxy) is 4. The van der Waals surface area contributed by atoms with Crippen molar-refractivity contribution in [2.45, 2.75) is 430 Å². The zero-order valence-corrected chi connectivity index (χ0v) is 77.8. The van der Waals surface area contributed by atoms with Gasteiger partial charge in [-0.1, -0.05) is 350 Å². The number of carboxylic acid groups (broad SMARTS) is 2. The first-order chi connectivity index (χ1) is 56.6. The summed E-state index contributed by atoms with van der Waals surface area (Å²) in [7, 11) is 0. The predicted molar refractivity (Wildman–Crippen MR) is 488 cm³/mol. The number of unbranched alkanes of at least 4 members (excludes halogenated alkanes) is 24. The Balaban J connectivity index is 0.000000281. The fraction of sp³-hybridized carbons (Fsp3) is 0.804. The van der Waals surface area contributed by atoms with E-state index in [9.17, 15) is 19.2 Å². The lowest BCUT2D eigenvalue weighted by atomic mass is 9.47. The van der Waals surface area contributed by atoms with Crippen LogP contribution in [0, 0.1) is 105 Å². The molecular weight excluding hydrogens is 1460 g/mol. The van der Waals surface area contributed by atoms with Crippen molar-refractivity contribution in [3.8, 4) is 0 Å². The van der Waals surface area contributed by atoms with E-state index < -0.39 is 18.1 Å². The summed E-state index contributed by atoms with van der Waals surface area (Å²) in [5.74, 6) is 9.89. The maximum Gasteiger partial charge on any atom is 0.503 e. The monoisotopic (exact) mass is 1640 g/mol. The highest BCUT2D eigenvalue weighted by Gasteiger charge is 2.61. The van der Waals surface area contributed by atoms with Gasteiger partial charge >= 0.3 is 30.0 Å². The van der Waals surface area contributed by atoms with Crippen LogP contribution in [0.2, 0.25) is 0 Å². The van der Waals surface area contributed by atoms with Gasteiger partial charge < -0.3 is 29.2 Å². The van der Waals surface area contributed by atoms with Gasteiger partial charge in [-0.2, -0.15) is 0 Å². The number of carbonyl (C=O) groups is 5. The molecule has 8 aliphatic carbocycles. The molecule has 16 atom stereocenters. The lowest BCUT2D eigenvalue weighted by Crippen LogP contribution is -2.51. The van der Waals surface area contributed by atoms with Crippen LogP contribution >= 0.6 is 0 Å². The molecule has 2 N–H and O–H groups in total. The molecule has 0 heterocycles. The summed E-state index contributed by atoms with van der Waals surface area (Å²) < 4.78 is 23.8. The Kier molecular flexibility index (Phi) is 41.8. The van der Waals surface area contributed by atoms with Gasteiger partial charge in [0.1, 0.15) is 12.2 Å². The Hall–Kier alpha value is -4.93. The number of hydrogen-bond donors (Lipinski definition) is 2. The molecular formula is C107H174O11. The second-order valence-corrected chi connectivity index (χ2v) is 42.3. The molecule has 6 saturated carbocycles. The van der Waals surface area contributed by atoms with Crippen molar-refractivity contribution in [3.05, 3.63) is 94.1 Å². The molecule has 668 valence electrons. The van der Waals surface area contributed by atoms with Crippen LogP contribution in [0.4, 0.5) is 4.79 Å². The van der Waals surface area contributed by atoms with Gasteiger partial charge in [-0.05, 0) is 232 Å². The van der Waals surface area contributed by atoms with Crippen LogP contribution < -0.4 is 0 Å². The van der Waals surface area contributed by atoms with Gasteiger partial charge in [0.25, 0.3) is 0 Å². The zero-order valence-electron chi connectivity index (χ0n) is 77.8. The van der Waals surface area contributed by atoms with Crippen molar-refractivity contribution >= 4 is 30.0 Å². The predicted octanol–water partition coefficient (Wildman–Crippen LogP) is 31.3. The topological polar surface area (TPSA) is 163 Å². The molecule has 0 bridgehead atoms. The van der Waals surface area contributed by atoms with Crippen LogP contribution in [-0.4, -0.2) is 65.7 Å². The second kappa shape index (κ2) is 50.1. The summed E-state index contributed by atoms with van der Waals surface area (Å²) in [6, 6.07) is 14.1. The fourth-order valence-electron chi connectivity index (χ4n) is 25.3. The SMILES string of the molecule is CC(C)CCCCCCCCCCCCCCCOC(=O)c1ccccc1C(=O)O[C@H]1CC[C@@]2(C)C(=CC[C@H]3[C@@H]4CC[C@H]([C@H](C)CCCC(C)C)[C@@]4(C)CC[C@@H]32)C1.CC(C)CCCCCCCCCCCCCCCOC(=O)c1ccccc1C(=O)O[C@H]1CC[C@@]2(C)C(=CC[C@H]3[C@@H]4CC[C@H]([C@H](C)CCCC(C)C)[C@@]4(C)CC[C@@H]32)C1.O=C(O)O. The lowest BCUT2D eigenvalue weighted by molar-refractivity contribution is -0.0594. The average molecular weight is 1640 g/mol. The van der Waals surface area contributed by atoms with E-state index in [1.165, 1.54) is 268 Å². The minimum atomic E-state index is -1.83. The molecule has 0 aliphatic heterocycles. The van der Waals surface area contributed by atoms with Crippen LogP contribution in [0.5, 0.6) is 0 Å². The molecule has 0 radical (unpaired) electrons. The first-order valence-corrected chi connectivity index (χ1v) is 49.9. The molecule has 6 fully saturated rings. The van der Waals surface area contributed by atoms with Gasteiger partial charge in [-0.25, -0.2) is 24.0 Å². The summed E-state index contributed by atoms with van der Waals surface area (Å²) in [6.45, 7) is 35.1. The minimum Gasteiger partial charge on any atom is -0.462 e. The van der Waals surface area contributed by atoms with Crippen LogP contribution in [0.3, 0.4) is 0 Å². The average Bonchev–Trinajstić information content (AvgIpc) is 1.44. The van der Waals surface area contributed by atoms with Gasteiger partial charge in [-0.15, -0.1) is 0 Å². The highest BCUT2D eigenvalue weighted by Crippen LogP contribution is 2.69. The van der Waals surface area contributed by atoms with Gasteiger partial charge in [0, 0.05) is 12.8 Å². The molecule has 0 saturated heterocycles. The molecule has 11 nitrogen and oxygen atoms in total. The summed E-state index contributed by atoms with van der Waals surface area (Å²) in [5.41, 5.74) is 5.78. The number of benzene rings is 2. The van der Waals surface area contributed by atoms with Crippen molar-refractivity contribution in [3.63, 3.8) is 0 Å². The third-order valence-corrected chi connectivity index (χ3v) is 32.1. The van der Waals surface area contributed by atoms with E-state index >= 15 is 0 Å². The normalized spacial score (nSPS) is 27.9. The lowest BCUT2D eigenvalue weighted by Gasteiger charge is -2.58. The van der Waals surface area contributed by atoms with Crippen LogP contribution in [0.1, 0.15) is 459 Å². The van der Waals surface area contributed by atoms with Crippen LogP contribution in [0.25, 0.3) is 0 Å². The third-order valence-electron chi connectivity index (χ3n) is 32.1. The van der Waals surface area contributed by atoms with Gasteiger partial charge in [0.15, 0.2) is 0 Å². The fourth-order valence-corrected chi connectivity index (χ4v) is 25.3. The van der Waals surface area contributed by atoms with E-state index in [1.807, 2.05) is 24.3 Å². The van der Waals surface area contributed by atoms with E-state index in [0.717, 1.165) is 147 Å². The zero-order chi connectivity index (χ0) is 85.3. The molecule has 0 spiro atoms. The minimum absolute atomic E-state index is 0.140. The molecule has 2 aromatic carbocycles. The molecule has 0 unspecified atom stereocenters. The van der Waals surface area contributed by atoms with E-state index in [0.29, 0.717) is 46.3 Å². The molecule has 11 heteroatoms. The Bertz CT molecular complexity index is 3140. The van der Waals surface area contributed by atoms with E-state index in [-0.39, 0.29) is 35.0 Å². The number of rotatable bonds is 48. The van der Waals surface area contributed by atoms with Crippen molar-refractivity contribution in [2.24, 2.45) is 105 Å². The number of esters is 4. The Labute approximate surface area is 721 Å². The number of fused-ring (bicyclic) bond motifs is 10. The maximum absolute atomic E-state index is 13.6. The number of allylic oxidation sites excluding steroid dienone is 2. The summed E-state index contributed by atoms with van der Waals surface area (Å²) in [6.07, 6.45) is 66.8. The van der Waals surface area contributed by atoms with Crippen LogP contribution in [-0.2, 0) is 18.9 Å². The van der Waals surface area contributed by atoms with Crippen molar-refractivity contribution in [1.82, 2.24) is 0 Å². The number of carbonyl (C=O) groups excluding carboxylic acids is 4. The van der Waals surface area contributed by atoms with E-state index in [4.69, 9.17) is 34.0 Å². The molecule has 10 rings (SSSR count). The highest BCUT2D eigenvalue weighted by molar-refractivity contribution is 6.04.